The highest BCUT2D eigenvalue weighted by atomic mass is 16.7. The summed E-state index contributed by atoms with van der Waals surface area (Å²) in [5.41, 5.74) is 0. The van der Waals surface area contributed by atoms with Gasteiger partial charge in [-0.1, -0.05) is 71.6 Å². The molecular formula is C24H46O4. The van der Waals surface area contributed by atoms with Crippen molar-refractivity contribution in [2.75, 3.05) is 6.61 Å². The molecule has 0 radical (unpaired) electrons. The topological polar surface area (TPSA) is 44.8 Å². The van der Waals surface area contributed by atoms with Crippen LogP contribution in [0.25, 0.3) is 0 Å². The molecule has 166 valence electrons. The molecule has 1 heterocycles. The van der Waals surface area contributed by atoms with Gasteiger partial charge in [0.05, 0.1) is 18.8 Å². The van der Waals surface area contributed by atoms with E-state index in [0.29, 0.717) is 11.8 Å². The second-order valence-electron chi connectivity index (χ2n) is 9.28. The Hall–Kier alpha value is -0.610. The van der Waals surface area contributed by atoms with Crippen LogP contribution in [0.3, 0.4) is 0 Å². The van der Waals surface area contributed by atoms with Crippen LogP contribution in [0.4, 0.5) is 0 Å². The Morgan fingerprint density at radius 3 is 2.18 bits per heavy atom. The minimum Gasteiger partial charge on any atom is -0.463 e. The van der Waals surface area contributed by atoms with Crippen molar-refractivity contribution in [3.8, 4) is 0 Å². The van der Waals surface area contributed by atoms with Gasteiger partial charge in [-0.3, -0.25) is 4.79 Å². The van der Waals surface area contributed by atoms with Gasteiger partial charge in [0.2, 0.25) is 0 Å². The molecule has 1 aliphatic rings. The van der Waals surface area contributed by atoms with E-state index in [1.54, 1.807) is 0 Å². The highest BCUT2D eigenvalue weighted by molar-refractivity contribution is 5.66. The van der Waals surface area contributed by atoms with Gasteiger partial charge in [0.15, 0.2) is 5.79 Å². The Morgan fingerprint density at radius 2 is 1.61 bits per heavy atom. The molecule has 1 fully saturated rings. The average molecular weight is 399 g/mol. The summed E-state index contributed by atoms with van der Waals surface area (Å²) in [6.45, 7) is 12.7. The zero-order chi connectivity index (χ0) is 21.0. The lowest BCUT2D eigenvalue weighted by molar-refractivity contribution is -0.300. The third kappa shape index (κ3) is 10.8. The molecule has 1 saturated heterocycles. The zero-order valence-corrected chi connectivity index (χ0v) is 19.4. The molecule has 1 unspecified atom stereocenters. The third-order valence-corrected chi connectivity index (χ3v) is 5.93. The molecule has 0 amide bonds. The standard InChI is InChI=1S/C24H46O4/c1-7-8-9-10-11-12-13-14-15-16-23-22(18-26-24(5,6)28-23)19(2)17-20(3)27-21(4)25/h19-20,22-23H,7-18H2,1-6H3/t19-,20-,22-,23?/m0/s1. The van der Waals surface area contributed by atoms with Crippen LogP contribution in [0.1, 0.15) is 112 Å². The number of ether oxygens (including phenoxy) is 3. The monoisotopic (exact) mass is 398 g/mol. The summed E-state index contributed by atoms with van der Waals surface area (Å²) < 4.78 is 17.6. The van der Waals surface area contributed by atoms with Crippen LogP contribution in [-0.4, -0.2) is 30.6 Å². The number of esters is 1. The van der Waals surface area contributed by atoms with Crippen LogP contribution in [0, 0.1) is 11.8 Å². The van der Waals surface area contributed by atoms with Gasteiger partial charge in [0, 0.05) is 12.8 Å². The number of carbonyl (C=O) groups excluding carboxylic acids is 1. The summed E-state index contributed by atoms with van der Waals surface area (Å²) in [6, 6.07) is 0. The second-order valence-corrected chi connectivity index (χ2v) is 9.28. The summed E-state index contributed by atoms with van der Waals surface area (Å²) >= 11 is 0. The minimum absolute atomic E-state index is 0.0594. The zero-order valence-electron chi connectivity index (χ0n) is 19.4. The van der Waals surface area contributed by atoms with E-state index >= 15 is 0 Å². The van der Waals surface area contributed by atoms with Crippen LogP contribution in [0.2, 0.25) is 0 Å². The molecule has 0 bridgehead atoms. The molecule has 0 spiro atoms. The number of unbranched alkanes of at least 4 members (excludes halogenated alkanes) is 8. The summed E-state index contributed by atoms with van der Waals surface area (Å²) in [5.74, 6) is 0.0547. The van der Waals surface area contributed by atoms with Gasteiger partial charge in [0.1, 0.15) is 0 Å². The van der Waals surface area contributed by atoms with Crippen molar-refractivity contribution in [2.45, 2.75) is 130 Å². The van der Waals surface area contributed by atoms with Gasteiger partial charge >= 0.3 is 5.97 Å². The molecular weight excluding hydrogens is 352 g/mol. The lowest BCUT2D eigenvalue weighted by atomic mass is 9.82. The Kier molecular flexibility index (Phi) is 12.3. The highest BCUT2D eigenvalue weighted by Crippen LogP contribution is 2.35. The Morgan fingerprint density at radius 1 is 1.04 bits per heavy atom. The minimum atomic E-state index is -0.498. The van der Waals surface area contributed by atoms with Gasteiger partial charge in [-0.2, -0.15) is 0 Å². The molecule has 4 atom stereocenters. The van der Waals surface area contributed by atoms with E-state index < -0.39 is 5.79 Å². The van der Waals surface area contributed by atoms with Crippen molar-refractivity contribution in [3.05, 3.63) is 0 Å². The molecule has 0 aromatic carbocycles. The van der Waals surface area contributed by atoms with E-state index in [1.165, 1.54) is 64.7 Å². The summed E-state index contributed by atoms with van der Waals surface area (Å²) in [5, 5.41) is 0. The van der Waals surface area contributed by atoms with Crippen LogP contribution in [-0.2, 0) is 19.0 Å². The number of carbonyl (C=O) groups is 1. The van der Waals surface area contributed by atoms with Crippen LogP contribution in [0.5, 0.6) is 0 Å². The highest BCUT2D eigenvalue weighted by Gasteiger charge is 2.39. The second kappa shape index (κ2) is 13.6. The quantitative estimate of drug-likeness (QED) is 0.243. The van der Waals surface area contributed by atoms with Crippen LogP contribution in [0.15, 0.2) is 0 Å². The first-order valence-electron chi connectivity index (χ1n) is 11.7. The molecule has 0 aliphatic carbocycles. The van der Waals surface area contributed by atoms with Crippen LogP contribution < -0.4 is 0 Å². The maximum Gasteiger partial charge on any atom is 0.302 e. The lowest BCUT2D eigenvalue weighted by Gasteiger charge is -2.44. The summed E-state index contributed by atoms with van der Waals surface area (Å²) in [6.07, 6.45) is 14.2. The van der Waals surface area contributed by atoms with Crippen molar-refractivity contribution < 1.29 is 19.0 Å². The van der Waals surface area contributed by atoms with Gasteiger partial charge < -0.3 is 14.2 Å². The fourth-order valence-corrected chi connectivity index (χ4v) is 4.38. The largest absolute Gasteiger partial charge is 0.463 e. The van der Waals surface area contributed by atoms with Crippen molar-refractivity contribution in [1.29, 1.82) is 0 Å². The van der Waals surface area contributed by atoms with Gasteiger partial charge in [-0.15, -0.1) is 0 Å². The van der Waals surface area contributed by atoms with Crippen LogP contribution >= 0.6 is 0 Å². The first-order chi connectivity index (χ1) is 13.2. The molecule has 0 N–H and O–H groups in total. The SMILES string of the molecule is CCCCCCCCCCCC1OC(C)(C)OC[C@H]1[C@@H](C)C[C@H](C)OC(C)=O. The van der Waals surface area contributed by atoms with Crippen molar-refractivity contribution in [1.82, 2.24) is 0 Å². The van der Waals surface area contributed by atoms with Crippen molar-refractivity contribution >= 4 is 5.97 Å². The van der Waals surface area contributed by atoms with Crippen molar-refractivity contribution in [3.63, 3.8) is 0 Å². The van der Waals surface area contributed by atoms with Crippen molar-refractivity contribution in [2.24, 2.45) is 11.8 Å². The third-order valence-electron chi connectivity index (χ3n) is 5.93. The Labute approximate surface area is 174 Å². The number of hydrogen-bond donors (Lipinski definition) is 0. The predicted molar refractivity (Wildman–Crippen MR) is 115 cm³/mol. The smallest absolute Gasteiger partial charge is 0.302 e. The maximum atomic E-state index is 11.2. The number of rotatable bonds is 14. The first kappa shape index (κ1) is 25.4. The first-order valence-corrected chi connectivity index (χ1v) is 11.7. The molecule has 4 heteroatoms. The molecule has 1 rings (SSSR count). The Balaban J connectivity index is 2.37. The fourth-order valence-electron chi connectivity index (χ4n) is 4.38. The van der Waals surface area contributed by atoms with Gasteiger partial charge in [-0.05, 0) is 39.5 Å². The molecule has 1 aliphatic heterocycles. The van der Waals surface area contributed by atoms with E-state index in [0.717, 1.165) is 19.4 Å². The molecule has 4 nitrogen and oxygen atoms in total. The van der Waals surface area contributed by atoms with E-state index in [-0.39, 0.29) is 18.2 Å². The Bertz CT molecular complexity index is 421. The summed E-state index contributed by atoms with van der Waals surface area (Å²) in [4.78, 5) is 11.2. The van der Waals surface area contributed by atoms with E-state index in [9.17, 15) is 4.79 Å². The normalized spacial score (nSPS) is 23.9. The molecule has 0 saturated carbocycles. The maximum absolute atomic E-state index is 11.2. The van der Waals surface area contributed by atoms with E-state index in [1.807, 2.05) is 20.8 Å². The molecule has 0 aromatic rings. The van der Waals surface area contributed by atoms with E-state index in [4.69, 9.17) is 14.2 Å². The number of hydrogen-bond acceptors (Lipinski definition) is 4. The van der Waals surface area contributed by atoms with Gasteiger partial charge in [-0.25, -0.2) is 0 Å². The molecule has 28 heavy (non-hydrogen) atoms. The lowest BCUT2D eigenvalue weighted by Crippen LogP contribution is -2.48. The predicted octanol–water partition coefficient (Wildman–Crippen LogP) is 6.65. The molecule has 0 aromatic heterocycles. The van der Waals surface area contributed by atoms with E-state index in [2.05, 4.69) is 13.8 Å². The summed E-state index contributed by atoms with van der Waals surface area (Å²) in [7, 11) is 0. The fraction of sp³-hybridized carbons (Fsp3) is 0.958. The average Bonchev–Trinajstić information content (AvgIpc) is 2.58. The van der Waals surface area contributed by atoms with Gasteiger partial charge in [0.25, 0.3) is 0 Å².